The molecule has 0 unspecified atom stereocenters. The van der Waals surface area contributed by atoms with E-state index < -0.39 is 12.1 Å². The maximum absolute atomic E-state index is 11.6. The van der Waals surface area contributed by atoms with Gasteiger partial charge in [0.2, 0.25) is 0 Å². The highest BCUT2D eigenvalue weighted by Gasteiger charge is 2.04. The van der Waals surface area contributed by atoms with E-state index in [0.717, 1.165) is 16.7 Å². The fraction of sp³-hybridized carbons (Fsp3) is 0.200. The van der Waals surface area contributed by atoms with Crippen molar-refractivity contribution in [2.75, 3.05) is 6.54 Å². The van der Waals surface area contributed by atoms with Crippen molar-refractivity contribution in [3.8, 4) is 0 Å². The van der Waals surface area contributed by atoms with Gasteiger partial charge in [0, 0.05) is 6.54 Å². The van der Waals surface area contributed by atoms with Crippen molar-refractivity contribution in [2.45, 2.75) is 20.0 Å². The fourth-order valence-electron chi connectivity index (χ4n) is 2.20. The number of aromatic carboxylic acids is 1. The second-order valence-corrected chi connectivity index (χ2v) is 5.56. The smallest absolute Gasteiger partial charge is 0.407 e. The van der Waals surface area contributed by atoms with Crippen LogP contribution >= 0.6 is 0 Å². The Morgan fingerprint density at radius 3 is 2.64 bits per heavy atom. The number of carbonyl (C=O) groups excluding carboxylic acids is 1. The lowest BCUT2D eigenvalue weighted by molar-refractivity contribution is 0.0696. The van der Waals surface area contributed by atoms with E-state index in [9.17, 15) is 9.59 Å². The van der Waals surface area contributed by atoms with Crippen LogP contribution in [0.15, 0.2) is 54.6 Å². The summed E-state index contributed by atoms with van der Waals surface area (Å²) in [6.07, 6.45) is 3.92. The SMILES string of the molecule is Cc1ccc(C(=O)O)cc1C=CCCNC(=O)OCc1ccccc1. The van der Waals surface area contributed by atoms with E-state index in [1.165, 1.54) is 0 Å². The molecule has 1 amide bonds. The summed E-state index contributed by atoms with van der Waals surface area (Å²) in [6, 6.07) is 14.5. The molecule has 0 aliphatic carbocycles. The molecule has 0 saturated heterocycles. The quantitative estimate of drug-likeness (QED) is 0.747. The van der Waals surface area contributed by atoms with Crippen LogP contribution in [0, 0.1) is 6.92 Å². The molecule has 2 N–H and O–H groups in total. The highest BCUT2D eigenvalue weighted by molar-refractivity contribution is 5.88. The lowest BCUT2D eigenvalue weighted by atomic mass is 10.0. The second kappa shape index (κ2) is 9.27. The zero-order valence-electron chi connectivity index (χ0n) is 14.1. The third-order valence-corrected chi connectivity index (χ3v) is 3.62. The third-order valence-electron chi connectivity index (χ3n) is 3.62. The van der Waals surface area contributed by atoms with E-state index in [4.69, 9.17) is 9.84 Å². The molecule has 0 spiro atoms. The normalized spacial score (nSPS) is 10.6. The predicted octanol–water partition coefficient (Wildman–Crippen LogP) is 4.02. The molecule has 0 aliphatic heterocycles. The topological polar surface area (TPSA) is 75.6 Å². The van der Waals surface area contributed by atoms with Gasteiger partial charge in [0.15, 0.2) is 0 Å². The van der Waals surface area contributed by atoms with E-state index >= 15 is 0 Å². The maximum Gasteiger partial charge on any atom is 0.407 e. The van der Waals surface area contributed by atoms with Gasteiger partial charge in [-0.1, -0.05) is 48.6 Å². The average molecular weight is 339 g/mol. The van der Waals surface area contributed by atoms with Crippen LogP contribution in [0.5, 0.6) is 0 Å². The van der Waals surface area contributed by atoms with Gasteiger partial charge in [-0.15, -0.1) is 0 Å². The van der Waals surface area contributed by atoms with Crippen LogP contribution in [-0.4, -0.2) is 23.7 Å². The van der Waals surface area contributed by atoms with Crippen molar-refractivity contribution < 1.29 is 19.4 Å². The average Bonchev–Trinajstić information content (AvgIpc) is 2.61. The Bertz CT molecular complexity index is 754. The molecule has 2 aromatic carbocycles. The van der Waals surface area contributed by atoms with Gasteiger partial charge in [0.05, 0.1) is 5.56 Å². The first-order valence-electron chi connectivity index (χ1n) is 8.01. The van der Waals surface area contributed by atoms with Crippen molar-refractivity contribution in [3.63, 3.8) is 0 Å². The number of carboxylic acids is 1. The van der Waals surface area contributed by atoms with E-state index in [1.54, 1.807) is 18.2 Å². The number of amides is 1. The molecule has 130 valence electrons. The number of hydrogen-bond donors (Lipinski definition) is 2. The largest absolute Gasteiger partial charge is 0.478 e. The number of hydrogen-bond acceptors (Lipinski definition) is 3. The van der Waals surface area contributed by atoms with Gasteiger partial charge in [0.25, 0.3) is 0 Å². The highest BCUT2D eigenvalue weighted by atomic mass is 16.5. The van der Waals surface area contributed by atoms with Crippen LogP contribution in [-0.2, 0) is 11.3 Å². The molecular weight excluding hydrogens is 318 g/mol. The van der Waals surface area contributed by atoms with Crippen molar-refractivity contribution in [3.05, 3.63) is 76.9 Å². The lowest BCUT2D eigenvalue weighted by Gasteiger charge is -2.06. The minimum absolute atomic E-state index is 0.240. The van der Waals surface area contributed by atoms with Gasteiger partial charge in [-0.2, -0.15) is 0 Å². The Labute approximate surface area is 146 Å². The van der Waals surface area contributed by atoms with Gasteiger partial charge in [-0.3, -0.25) is 0 Å². The number of rotatable bonds is 7. The number of nitrogens with one attached hydrogen (secondary N) is 1. The summed E-state index contributed by atoms with van der Waals surface area (Å²) in [5, 5.41) is 11.7. The van der Waals surface area contributed by atoms with Crippen LogP contribution in [0.2, 0.25) is 0 Å². The van der Waals surface area contributed by atoms with Gasteiger partial charge in [0.1, 0.15) is 6.61 Å². The molecule has 5 nitrogen and oxygen atoms in total. The van der Waals surface area contributed by atoms with Crippen molar-refractivity contribution >= 4 is 18.1 Å². The molecular formula is C20H21NO4. The summed E-state index contributed by atoms with van der Waals surface area (Å²) in [6.45, 7) is 2.61. The number of aryl methyl sites for hydroxylation is 1. The maximum atomic E-state index is 11.6. The summed E-state index contributed by atoms with van der Waals surface area (Å²) in [5.74, 6) is -0.947. The molecule has 0 atom stereocenters. The number of carbonyl (C=O) groups is 2. The Kier molecular flexibility index (Phi) is 6.77. The van der Waals surface area contributed by atoms with E-state index in [-0.39, 0.29) is 12.2 Å². The standard InChI is InChI=1S/C20H21NO4/c1-15-10-11-18(19(22)23)13-17(15)9-5-6-12-21-20(24)25-14-16-7-3-2-4-8-16/h2-5,7-11,13H,6,12,14H2,1H3,(H,21,24)(H,22,23). The van der Waals surface area contributed by atoms with Crippen molar-refractivity contribution in [1.82, 2.24) is 5.32 Å². The first kappa shape index (κ1) is 18.3. The van der Waals surface area contributed by atoms with E-state index in [2.05, 4.69) is 5.32 Å². The Morgan fingerprint density at radius 2 is 1.92 bits per heavy atom. The molecule has 2 rings (SSSR count). The van der Waals surface area contributed by atoms with E-state index in [0.29, 0.717) is 13.0 Å². The van der Waals surface area contributed by atoms with E-state index in [1.807, 2.05) is 49.4 Å². The predicted molar refractivity (Wildman–Crippen MR) is 96.4 cm³/mol. The Hall–Kier alpha value is -3.08. The monoisotopic (exact) mass is 339 g/mol. The number of benzene rings is 2. The molecule has 0 bridgehead atoms. The van der Waals surface area contributed by atoms with Crippen LogP contribution in [0.3, 0.4) is 0 Å². The molecule has 0 saturated carbocycles. The van der Waals surface area contributed by atoms with Crippen molar-refractivity contribution in [1.29, 1.82) is 0 Å². The molecule has 0 radical (unpaired) electrons. The first-order chi connectivity index (χ1) is 12.1. The highest BCUT2D eigenvalue weighted by Crippen LogP contribution is 2.13. The van der Waals surface area contributed by atoms with Crippen LogP contribution in [0.4, 0.5) is 4.79 Å². The summed E-state index contributed by atoms with van der Waals surface area (Å²) in [7, 11) is 0. The minimum atomic E-state index is -0.947. The molecule has 0 aromatic heterocycles. The van der Waals surface area contributed by atoms with Crippen LogP contribution in [0.1, 0.15) is 33.5 Å². The first-order valence-corrected chi connectivity index (χ1v) is 8.01. The lowest BCUT2D eigenvalue weighted by Crippen LogP contribution is -2.24. The second-order valence-electron chi connectivity index (χ2n) is 5.56. The fourth-order valence-corrected chi connectivity index (χ4v) is 2.20. The van der Waals surface area contributed by atoms with Crippen LogP contribution < -0.4 is 5.32 Å². The summed E-state index contributed by atoms with van der Waals surface area (Å²) in [4.78, 5) is 22.6. The Morgan fingerprint density at radius 1 is 1.16 bits per heavy atom. The third kappa shape index (κ3) is 6.14. The van der Waals surface area contributed by atoms with Crippen molar-refractivity contribution in [2.24, 2.45) is 0 Å². The Balaban J connectivity index is 1.73. The summed E-state index contributed by atoms with van der Waals surface area (Å²) < 4.78 is 5.11. The minimum Gasteiger partial charge on any atom is -0.478 e. The van der Waals surface area contributed by atoms with Gasteiger partial charge in [-0.25, -0.2) is 9.59 Å². The van der Waals surface area contributed by atoms with Gasteiger partial charge < -0.3 is 15.2 Å². The molecule has 0 aliphatic rings. The molecule has 25 heavy (non-hydrogen) atoms. The number of carboxylic acid groups (broad SMARTS) is 1. The molecule has 0 fully saturated rings. The zero-order valence-corrected chi connectivity index (χ0v) is 14.1. The molecule has 2 aromatic rings. The zero-order chi connectivity index (χ0) is 18.1. The summed E-state index contributed by atoms with van der Waals surface area (Å²) in [5.41, 5.74) is 3.04. The summed E-state index contributed by atoms with van der Waals surface area (Å²) >= 11 is 0. The van der Waals surface area contributed by atoms with Gasteiger partial charge >= 0.3 is 12.1 Å². The van der Waals surface area contributed by atoms with Crippen LogP contribution in [0.25, 0.3) is 6.08 Å². The number of ether oxygens (including phenoxy) is 1. The molecule has 0 heterocycles. The van der Waals surface area contributed by atoms with Gasteiger partial charge in [-0.05, 0) is 42.2 Å². The number of alkyl carbamates (subject to hydrolysis) is 1. The molecule has 5 heteroatoms.